The van der Waals surface area contributed by atoms with Gasteiger partial charge in [0.1, 0.15) is 0 Å². The molecule has 2 nitrogen and oxygen atoms in total. The molecule has 1 aliphatic rings. The van der Waals surface area contributed by atoms with E-state index < -0.39 is 0 Å². The highest BCUT2D eigenvalue weighted by molar-refractivity contribution is 5.83. The number of hydrogen-bond donors (Lipinski definition) is 0. The quantitative estimate of drug-likeness (QED) is 0.730. The van der Waals surface area contributed by atoms with Crippen LogP contribution >= 0.6 is 0 Å². The van der Waals surface area contributed by atoms with Crippen LogP contribution in [-0.2, 0) is 0 Å². The average molecular weight is 292 g/mol. The zero-order valence-corrected chi connectivity index (χ0v) is 13.8. The normalized spacial score (nSPS) is 15.0. The molecule has 0 atom stereocenters. The van der Waals surface area contributed by atoms with Crippen LogP contribution in [0.1, 0.15) is 35.1 Å². The number of benzene rings is 2. The summed E-state index contributed by atoms with van der Waals surface area (Å²) in [4.78, 5) is 7.09. The van der Waals surface area contributed by atoms with Crippen molar-refractivity contribution in [3.8, 4) is 0 Å². The van der Waals surface area contributed by atoms with Crippen molar-refractivity contribution < 1.29 is 0 Å². The molecule has 0 aliphatic carbocycles. The molecule has 2 aromatic rings. The molecule has 22 heavy (non-hydrogen) atoms. The van der Waals surface area contributed by atoms with Crippen molar-refractivity contribution in [2.45, 2.75) is 33.6 Å². The van der Waals surface area contributed by atoms with E-state index in [4.69, 9.17) is 0 Å². The molecule has 0 saturated carbocycles. The molecular formula is C20H24N2. The van der Waals surface area contributed by atoms with E-state index in [9.17, 15) is 0 Å². The highest BCUT2D eigenvalue weighted by Crippen LogP contribution is 2.25. The van der Waals surface area contributed by atoms with E-state index >= 15 is 0 Å². The molecule has 114 valence electrons. The Kier molecular flexibility index (Phi) is 4.28. The van der Waals surface area contributed by atoms with E-state index in [1.165, 1.54) is 53.9 Å². The predicted molar refractivity (Wildman–Crippen MR) is 95.8 cm³/mol. The second-order valence-corrected chi connectivity index (χ2v) is 6.27. The fourth-order valence-electron chi connectivity index (χ4n) is 3.03. The molecule has 0 unspecified atom stereocenters. The third kappa shape index (κ3) is 3.22. The van der Waals surface area contributed by atoms with Crippen LogP contribution in [0.2, 0.25) is 0 Å². The van der Waals surface area contributed by atoms with Crippen molar-refractivity contribution in [2.24, 2.45) is 4.99 Å². The van der Waals surface area contributed by atoms with Crippen molar-refractivity contribution in [2.75, 3.05) is 18.0 Å². The lowest BCUT2D eigenvalue weighted by Gasteiger charge is -2.20. The molecule has 3 rings (SSSR count). The Balaban J connectivity index is 1.78. The Morgan fingerprint density at radius 3 is 2.32 bits per heavy atom. The fourth-order valence-corrected chi connectivity index (χ4v) is 3.03. The number of hydrogen-bond acceptors (Lipinski definition) is 2. The van der Waals surface area contributed by atoms with Gasteiger partial charge in [0, 0.05) is 25.0 Å². The maximum atomic E-state index is 4.61. The van der Waals surface area contributed by atoms with Gasteiger partial charge >= 0.3 is 0 Å². The molecule has 1 aliphatic heterocycles. The highest BCUT2D eigenvalue weighted by Gasteiger charge is 2.13. The Morgan fingerprint density at radius 1 is 0.864 bits per heavy atom. The van der Waals surface area contributed by atoms with Crippen LogP contribution in [-0.4, -0.2) is 19.3 Å². The van der Waals surface area contributed by atoms with Gasteiger partial charge in [-0.2, -0.15) is 0 Å². The van der Waals surface area contributed by atoms with E-state index in [1.54, 1.807) is 0 Å². The summed E-state index contributed by atoms with van der Waals surface area (Å²) in [5.41, 5.74) is 7.50. The number of aryl methyl sites for hydroxylation is 3. The first-order valence-corrected chi connectivity index (χ1v) is 8.10. The molecule has 0 amide bonds. The van der Waals surface area contributed by atoms with E-state index in [0.29, 0.717) is 0 Å². The summed E-state index contributed by atoms with van der Waals surface area (Å²) in [6, 6.07) is 13.0. The van der Waals surface area contributed by atoms with Gasteiger partial charge in [-0.25, -0.2) is 0 Å². The van der Waals surface area contributed by atoms with Gasteiger partial charge in [0.15, 0.2) is 0 Å². The minimum absolute atomic E-state index is 1.02. The van der Waals surface area contributed by atoms with Crippen LogP contribution in [0.15, 0.2) is 41.4 Å². The van der Waals surface area contributed by atoms with E-state index in [0.717, 1.165) is 5.69 Å². The molecule has 0 spiro atoms. The van der Waals surface area contributed by atoms with Gasteiger partial charge in [-0.3, -0.25) is 4.99 Å². The van der Waals surface area contributed by atoms with Crippen LogP contribution < -0.4 is 4.90 Å². The molecule has 0 bridgehead atoms. The largest absolute Gasteiger partial charge is 0.371 e. The lowest BCUT2D eigenvalue weighted by Crippen LogP contribution is -2.18. The smallest absolute Gasteiger partial charge is 0.0632 e. The monoisotopic (exact) mass is 292 g/mol. The summed E-state index contributed by atoms with van der Waals surface area (Å²) >= 11 is 0. The Labute approximate surface area is 133 Å². The maximum Gasteiger partial charge on any atom is 0.0632 e. The first-order chi connectivity index (χ1) is 10.6. The van der Waals surface area contributed by atoms with Gasteiger partial charge in [-0.15, -0.1) is 0 Å². The molecule has 1 saturated heterocycles. The van der Waals surface area contributed by atoms with E-state index in [2.05, 4.69) is 67.1 Å². The van der Waals surface area contributed by atoms with Crippen molar-refractivity contribution in [1.29, 1.82) is 0 Å². The zero-order valence-electron chi connectivity index (χ0n) is 13.8. The van der Waals surface area contributed by atoms with Crippen LogP contribution in [0.4, 0.5) is 11.4 Å². The van der Waals surface area contributed by atoms with Gasteiger partial charge in [-0.05, 0) is 80.1 Å². The van der Waals surface area contributed by atoms with E-state index in [-0.39, 0.29) is 0 Å². The Hall–Kier alpha value is -2.09. The van der Waals surface area contributed by atoms with Crippen molar-refractivity contribution >= 4 is 17.6 Å². The number of nitrogens with zero attached hydrogens (tertiary/aromatic N) is 2. The molecule has 2 heteroatoms. The van der Waals surface area contributed by atoms with Crippen LogP contribution in [0, 0.1) is 20.8 Å². The molecular weight excluding hydrogens is 268 g/mol. The predicted octanol–water partition coefficient (Wildman–Crippen LogP) is 4.96. The fraction of sp³-hybridized carbons (Fsp3) is 0.350. The summed E-state index contributed by atoms with van der Waals surface area (Å²) < 4.78 is 0. The van der Waals surface area contributed by atoms with Gasteiger partial charge in [-0.1, -0.05) is 12.1 Å². The lowest BCUT2D eigenvalue weighted by atomic mass is 10.1. The lowest BCUT2D eigenvalue weighted by molar-refractivity contribution is 0.949. The van der Waals surface area contributed by atoms with Crippen LogP contribution in [0.3, 0.4) is 0 Å². The number of rotatable bonds is 3. The summed E-state index contributed by atoms with van der Waals surface area (Å²) in [7, 11) is 0. The van der Waals surface area contributed by atoms with Gasteiger partial charge < -0.3 is 4.90 Å². The molecule has 0 N–H and O–H groups in total. The minimum Gasteiger partial charge on any atom is -0.371 e. The SMILES string of the molecule is Cc1ccc(N=Cc2ccc(N3CCCC3)c(C)c2)cc1C. The van der Waals surface area contributed by atoms with Gasteiger partial charge in [0.25, 0.3) is 0 Å². The van der Waals surface area contributed by atoms with Crippen molar-refractivity contribution in [3.05, 3.63) is 58.7 Å². The van der Waals surface area contributed by atoms with Gasteiger partial charge in [0.2, 0.25) is 0 Å². The Morgan fingerprint density at radius 2 is 1.64 bits per heavy atom. The summed E-state index contributed by atoms with van der Waals surface area (Å²) in [5, 5.41) is 0. The average Bonchev–Trinajstić information content (AvgIpc) is 3.02. The maximum absolute atomic E-state index is 4.61. The van der Waals surface area contributed by atoms with Crippen LogP contribution in [0.5, 0.6) is 0 Å². The van der Waals surface area contributed by atoms with Crippen LogP contribution in [0.25, 0.3) is 0 Å². The Bertz CT molecular complexity index is 695. The molecule has 1 fully saturated rings. The summed E-state index contributed by atoms with van der Waals surface area (Å²) in [6.45, 7) is 8.83. The van der Waals surface area contributed by atoms with Crippen molar-refractivity contribution in [1.82, 2.24) is 0 Å². The number of aliphatic imine (C=N–C) groups is 1. The standard InChI is InChI=1S/C20H24N2/c1-15-6-8-19(13-16(15)2)21-14-18-7-9-20(17(3)12-18)22-10-4-5-11-22/h6-9,12-14H,4-5,10-11H2,1-3H3. The third-order valence-corrected chi connectivity index (χ3v) is 4.52. The molecule has 0 radical (unpaired) electrons. The topological polar surface area (TPSA) is 15.6 Å². The summed E-state index contributed by atoms with van der Waals surface area (Å²) in [6.07, 6.45) is 4.59. The zero-order chi connectivity index (χ0) is 15.5. The second kappa shape index (κ2) is 6.35. The third-order valence-electron chi connectivity index (χ3n) is 4.52. The first-order valence-electron chi connectivity index (χ1n) is 8.10. The second-order valence-electron chi connectivity index (χ2n) is 6.27. The van der Waals surface area contributed by atoms with E-state index in [1.807, 2.05) is 6.21 Å². The molecule has 2 aromatic carbocycles. The number of anilines is 1. The van der Waals surface area contributed by atoms with Crippen molar-refractivity contribution in [3.63, 3.8) is 0 Å². The summed E-state index contributed by atoms with van der Waals surface area (Å²) in [5.74, 6) is 0. The minimum atomic E-state index is 1.02. The molecule has 0 aromatic heterocycles. The molecule has 1 heterocycles. The van der Waals surface area contributed by atoms with Gasteiger partial charge in [0.05, 0.1) is 5.69 Å². The first kappa shape index (κ1) is 14.8. The highest BCUT2D eigenvalue weighted by atomic mass is 15.1.